The lowest BCUT2D eigenvalue weighted by Gasteiger charge is -2.18. The molecule has 0 amide bonds. The van der Waals surface area contributed by atoms with E-state index in [2.05, 4.69) is 0 Å². The van der Waals surface area contributed by atoms with Gasteiger partial charge in [-0.1, -0.05) is 18.2 Å². The molecule has 0 spiro atoms. The van der Waals surface area contributed by atoms with E-state index in [1.165, 1.54) is 12.1 Å². The summed E-state index contributed by atoms with van der Waals surface area (Å²) in [7, 11) is 0. The highest BCUT2D eigenvalue weighted by Crippen LogP contribution is 2.22. The quantitative estimate of drug-likeness (QED) is 0.839. The molecule has 0 aliphatic carbocycles. The fourth-order valence-corrected chi connectivity index (χ4v) is 1.62. The Morgan fingerprint density at radius 2 is 1.84 bits per heavy atom. The number of hydroxylamine groups is 2. The van der Waals surface area contributed by atoms with E-state index in [0.29, 0.717) is 17.9 Å². The first-order valence-electron chi connectivity index (χ1n) is 5.79. The summed E-state index contributed by atoms with van der Waals surface area (Å²) in [4.78, 5) is 0. The second-order valence-electron chi connectivity index (χ2n) is 4.03. The third-order valence-electron chi connectivity index (χ3n) is 2.55. The summed E-state index contributed by atoms with van der Waals surface area (Å²) in [5.41, 5.74) is 0.904. The third-order valence-corrected chi connectivity index (χ3v) is 2.55. The molecule has 0 unspecified atom stereocenters. The standard InChI is InChI=1S/C14H13FNO3/c15-12-2-1-3-14(10-12)19-13-6-4-11(5-7-13)8-9-16(17)18/h1-7,10,17H,8-9H2/q-1. The van der Waals surface area contributed by atoms with Crippen molar-refractivity contribution < 1.29 is 14.3 Å². The lowest BCUT2D eigenvalue weighted by atomic mass is 10.1. The predicted molar refractivity (Wildman–Crippen MR) is 68.5 cm³/mol. The van der Waals surface area contributed by atoms with Crippen LogP contribution in [-0.4, -0.2) is 17.0 Å². The molecule has 0 heterocycles. The number of hydrogen-bond donors (Lipinski definition) is 1. The Balaban J connectivity index is 1.98. The molecule has 19 heavy (non-hydrogen) atoms. The van der Waals surface area contributed by atoms with Crippen molar-refractivity contribution in [2.45, 2.75) is 6.42 Å². The fourth-order valence-electron chi connectivity index (χ4n) is 1.62. The van der Waals surface area contributed by atoms with Crippen LogP contribution in [0.2, 0.25) is 0 Å². The molecule has 2 rings (SSSR count). The van der Waals surface area contributed by atoms with Gasteiger partial charge in [-0.05, 0) is 36.2 Å². The highest BCUT2D eigenvalue weighted by molar-refractivity contribution is 5.33. The molecule has 0 atom stereocenters. The van der Waals surface area contributed by atoms with Gasteiger partial charge >= 0.3 is 0 Å². The second-order valence-corrected chi connectivity index (χ2v) is 4.03. The molecule has 0 aromatic heterocycles. The highest BCUT2D eigenvalue weighted by Gasteiger charge is 1.99. The first-order chi connectivity index (χ1) is 9.13. The Hall–Kier alpha value is -1.95. The summed E-state index contributed by atoms with van der Waals surface area (Å²) in [5.74, 6) is 0.652. The average Bonchev–Trinajstić information content (AvgIpc) is 2.38. The van der Waals surface area contributed by atoms with Gasteiger partial charge in [-0.15, -0.1) is 0 Å². The van der Waals surface area contributed by atoms with Crippen LogP contribution < -0.4 is 4.74 Å². The van der Waals surface area contributed by atoms with Crippen molar-refractivity contribution >= 4 is 0 Å². The van der Waals surface area contributed by atoms with Crippen molar-refractivity contribution in [2.75, 3.05) is 6.54 Å². The zero-order chi connectivity index (χ0) is 13.7. The van der Waals surface area contributed by atoms with E-state index >= 15 is 0 Å². The van der Waals surface area contributed by atoms with Crippen molar-refractivity contribution in [3.63, 3.8) is 0 Å². The second kappa shape index (κ2) is 6.29. The van der Waals surface area contributed by atoms with Crippen LogP contribution in [0.25, 0.3) is 0 Å². The summed E-state index contributed by atoms with van der Waals surface area (Å²) in [5, 5.41) is 18.8. The number of benzene rings is 2. The monoisotopic (exact) mass is 262 g/mol. The van der Waals surface area contributed by atoms with Gasteiger partial charge in [0.1, 0.15) is 17.3 Å². The lowest BCUT2D eigenvalue weighted by Crippen LogP contribution is -2.13. The van der Waals surface area contributed by atoms with Gasteiger partial charge in [0.15, 0.2) is 0 Å². The maximum absolute atomic E-state index is 13.0. The minimum absolute atomic E-state index is 0.0180. The Bertz CT molecular complexity index is 528. The van der Waals surface area contributed by atoms with E-state index in [4.69, 9.17) is 9.94 Å². The molecule has 0 saturated carbocycles. The molecule has 2 aromatic carbocycles. The Kier molecular flexibility index (Phi) is 4.46. The van der Waals surface area contributed by atoms with E-state index in [1.807, 2.05) is 0 Å². The Morgan fingerprint density at radius 3 is 2.47 bits per heavy atom. The minimum Gasteiger partial charge on any atom is -0.762 e. The number of ether oxygens (including phenoxy) is 1. The van der Waals surface area contributed by atoms with Crippen LogP contribution in [0.15, 0.2) is 48.5 Å². The first-order valence-corrected chi connectivity index (χ1v) is 5.79. The van der Waals surface area contributed by atoms with E-state index < -0.39 is 0 Å². The lowest BCUT2D eigenvalue weighted by molar-refractivity contribution is -0.0391. The molecule has 5 heteroatoms. The molecular formula is C14H13FNO3-. The maximum atomic E-state index is 13.0. The minimum atomic E-state index is -0.354. The van der Waals surface area contributed by atoms with Gasteiger partial charge in [0, 0.05) is 12.6 Å². The van der Waals surface area contributed by atoms with Crippen molar-refractivity contribution in [2.24, 2.45) is 0 Å². The molecule has 0 aliphatic rings. The zero-order valence-corrected chi connectivity index (χ0v) is 10.1. The molecule has 0 radical (unpaired) electrons. The first kappa shape index (κ1) is 13.5. The predicted octanol–water partition coefficient (Wildman–Crippen LogP) is 3.35. The average molecular weight is 262 g/mol. The molecule has 100 valence electrons. The summed E-state index contributed by atoms with van der Waals surface area (Å²) in [6, 6.07) is 12.9. The molecule has 0 bridgehead atoms. The van der Waals surface area contributed by atoms with Gasteiger partial charge in [-0.25, -0.2) is 4.39 Å². The third kappa shape index (κ3) is 4.33. The SMILES string of the molecule is [O-]N(O)CCc1ccc(Oc2cccc(F)c2)cc1. The topological polar surface area (TPSA) is 55.8 Å². The van der Waals surface area contributed by atoms with E-state index in [-0.39, 0.29) is 17.6 Å². The number of hydrogen-bond acceptors (Lipinski definition) is 4. The van der Waals surface area contributed by atoms with Gasteiger partial charge in [0.2, 0.25) is 0 Å². The molecule has 0 saturated heterocycles. The summed E-state index contributed by atoms with van der Waals surface area (Å²) in [6.07, 6.45) is 0.445. The van der Waals surface area contributed by atoms with Crippen LogP contribution in [0.1, 0.15) is 5.56 Å². The van der Waals surface area contributed by atoms with Crippen LogP contribution in [0.5, 0.6) is 11.5 Å². The van der Waals surface area contributed by atoms with Crippen molar-refractivity contribution in [3.05, 3.63) is 65.1 Å². The summed E-state index contributed by atoms with van der Waals surface area (Å²) >= 11 is 0. The normalized spacial score (nSPS) is 10.7. The van der Waals surface area contributed by atoms with Crippen LogP contribution in [0.3, 0.4) is 0 Å². The molecule has 0 aliphatic heterocycles. The van der Waals surface area contributed by atoms with Crippen LogP contribution in [-0.2, 0) is 6.42 Å². The summed E-state index contributed by atoms with van der Waals surface area (Å²) in [6.45, 7) is 0.0180. The molecule has 4 nitrogen and oxygen atoms in total. The van der Waals surface area contributed by atoms with Crippen molar-refractivity contribution in [1.29, 1.82) is 0 Å². The number of rotatable bonds is 5. The largest absolute Gasteiger partial charge is 0.762 e. The van der Waals surface area contributed by atoms with Crippen LogP contribution in [0, 0.1) is 11.0 Å². The number of halogens is 1. The van der Waals surface area contributed by atoms with E-state index in [9.17, 15) is 9.60 Å². The zero-order valence-electron chi connectivity index (χ0n) is 10.1. The van der Waals surface area contributed by atoms with Crippen LogP contribution in [0.4, 0.5) is 4.39 Å². The van der Waals surface area contributed by atoms with Gasteiger partial charge in [-0.3, -0.25) is 5.23 Å². The van der Waals surface area contributed by atoms with Gasteiger partial charge < -0.3 is 15.2 Å². The van der Waals surface area contributed by atoms with Crippen molar-refractivity contribution in [1.82, 2.24) is 5.23 Å². The van der Waals surface area contributed by atoms with E-state index in [1.54, 1.807) is 36.4 Å². The van der Waals surface area contributed by atoms with E-state index in [0.717, 1.165) is 5.56 Å². The van der Waals surface area contributed by atoms with Crippen LogP contribution >= 0.6 is 0 Å². The van der Waals surface area contributed by atoms with Gasteiger partial charge in [0.05, 0.1) is 0 Å². The Morgan fingerprint density at radius 1 is 1.11 bits per heavy atom. The number of nitrogens with zero attached hydrogens (tertiary/aromatic N) is 1. The molecule has 0 fully saturated rings. The molecular weight excluding hydrogens is 249 g/mol. The smallest absolute Gasteiger partial charge is 0.130 e. The van der Waals surface area contributed by atoms with Crippen molar-refractivity contribution in [3.8, 4) is 11.5 Å². The summed E-state index contributed by atoms with van der Waals surface area (Å²) < 4.78 is 18.5. The molecule has 1 N–H and O–H groups in total. The Labute approximate surface area is 110 Å². The fraction of sp³-hybridized carbons (Fsp3) is 0.143. The highest BCUT2D eigenvalue weighted by atomic mass is 19.1. The van der Waals surface area contributed by atoms with Gasteiger partial charge in [0.25, 0.3) is 0 Å². The van der Waals surface area contributed by atoms with Gasteiger partial charge in [-0.2, -0.15) is 0 Å². The maximum Gasteiger partial charge on any atom is 0.130 e. The molecule has 2 aromatic rings.